The number of hydrogen-bond donors (Lipinski definition) is 2. The summed E-state index contributed by atoms with van der Waals surface area (Å²) in [5, 5.41) is 17.9. The lowest BCUT2D eigenvalue weighted by atomic mass is 10.1. The molecule has 0 aromatic heterocycles. The average molecular weight is 252 g/mol. The topological polar surface area (TPSA) is 49.7 Å². The van der Waals surface area contributed by atoms with Crippen LogP contribution in [0.15, 0.2) is 24.3 Å². The zero-order valence-electron chi connectivity index (χ0n) is 11.1. The number of unbranched alkanes of at least 4 members (excludes halogenated alkanes) is 3. The first-order valence-corrected chi connectivity index (χ1v) is 6.73. The van der Waals surface area contributed by atoms with Gasteiger partial charge in [-0.3, -0.25) is 0 Å². The van der Waals surface area contributed by atoms with E-state index in [4.69, 9.17) is 9.84 Å². The minimum absolute atomic E-state index is 0.283. The van der Waals surface area contributed by atoms with Gasteiger partial charge in [-0.25, -0.2) is 0 Å². The maximum atomic E-state index is 9.27. The molecule has 0 amide bonds. The van der Waals surface area contributed by atoms with Gasteiger partial charge in [0.2, 0.25) is 0 Å². The molecule has 1 rings (SSSR count). The number of benzene rings is 1. The van der Waals surface area contributed by atoms with Crippen LogP contribution in [-0.2, 0) is 6.42 Å². The van der Waals surface area contributed by atoms with Crippen molar-refractivity contribution in [1.29, 1.82) is 0 Å². The highest BCUT2D eigenvalue weighted by Gasteiger charge is 1.99. The standard InChI is InChI=1S/C15H24O3/c1-13(17)12-14-6-8-15(9-7-14)18-11-5-3-2-4-10-16/h6-9,13,16-17H,2-5,10-12H2,1H3. The Balaban J connectivity index is 2.18. The van der Waals surface area contributed by atoms with Gasteiger partial charge in [-0.1, -0.05) is 18.6 Å². The predicted octanol–water partition coefficient (Wildman–Crippen LogP) is 2.54. The lowest BCUT2D eigenvalue weighted by Gasteiger charge is -2.08. The van der Waals surface area contributed by atoms with Crippen LogP contribution in [-0.4, -0.2) is 29.5 Å². The Hall–Kier alpha value is -1.06. The maximum absolute atomic E-state index is 9.27. The summed E-state index contributed by atoms with van der Waals surface area (Å²) >= 11 is 0. The molecule has 2 N–H and O–H groups in total. The van der Waals surface area contributed by atoms with Crippen molar-refractivity contribution in [2.45, 2.75) is 45.1 Å². The van der Waals surface area contributed by atoms with Gasteiger partial charge in [0.1, 0.15) is 5.75 Å². The summed E-state index contributed by atoms with van der Waals surface area (Å²) in [7, 11) is 0. The second-order valence-corrected chi connectivity index (χ2v) is 4.68. The molecule has 1 unspecified atom stereocenters. The third kappa shape index (κ3) is 6.62. The molecule has 1 aromatic carbocycles. The van der Waals surface area contributed by atoms with Crippen molar-refractivity contribution in [2.24, 2.45) is 0 Å². The fraction of sp³-hybridized carbons (Fsp3) is 0.600. The molecule has 0 saturated carbocycles. The van der Waals surface area contributed by atoms with Crippen LogP contribution >= 0.6 is 0 Å². The molecule has 0 aliphatic heterocycles. The highest BCUT2D eigenvalue weighted by atomic mass is 16.5. The van der Waals surface area contributed by atoms with E-state index in [-0.39, 0.29) is 12.7 Å². The molecular weight excluding hydrogens is 228 g/mol. The summed E-state index contributed by atoms with van der Waals surface area (Å²) in [5.74, 6) is 0.881. The van der Waals surface area contributed by atoms with Crippen LogP contribution < -0.4 is 4.74 Å². The Morgan fingerprint density at radius 2 is 1.72 bits per heavy atom. The van der Waals surface area contributed by atoms with E-state index in [2.05, 4.69) is 0 Å². The van der Waals surface area contributed by atoms with Crippen LogP contribution in [0.5, 0.6) is 5.75 Å². The fourth-order valence-corrected chi connectivity index (χ4v) is 1.82. The van der Waals surface area contributed by atoms with Crippen molar-refractivity contribution in [3.8, 4) is 5.75 Å². The number of hydrogen-bond acceptors (Lipinski definition) is 3. The molecule has 0 fully saturated rings. The Morgan fingerprint density at radius 3 is 2.33 bits per heavy atom. The Bertz CT molecular complexity index is 306. The normalized spacial score (nSPS) is 12.4. The highest BCUT2D eigenvalue weighted by Crippen LogP contribution is 2.14. The van der Waals surface area contributed by atoms with Crippen molar-refractivity contribution in [3.63, 3.8) is 0 Å². The average Bonchev–Trinajstić information content (AvgIpc) is 2.35. The van der Waals surface area contributed by atoms with Gasteiger partial charge in [0.15, 0.2) is 0 Å². The maximum Gasteiger partial charge on any atom is 0.119 e. The summed E-state index contributed by atoms with van der Waals surface area (Å²) in [6, 6.07) is 7.89. The molecule has 1 aromatic rings. The lowest BCUT2D eigenvalue weighted by Crippen LogP contribution is -2.04. The van der Waals surface area contributed by atoms with Gasteiger partial charge in [-0.05, 0) is 50.3 Å². The van der Waals surface area contributed by atoms with Gasteiger partial charge < -0.3 is 14.9 Å². The summed E-state index contributed by atoms with van der Waals surface area (Å²) in [6.45, 7) is 2.80. The molecule has 0 aliphatic carbocycles. The van der Waals surface area contributed by atoms with Gasteiger partial charge in [0, 0.05) is 6.61 Å². The van der Waals surface area contributed by atoms with Crippen LogP contribution in [0.4, 0.5) is 0 Å². The second kappa shape index (κ2) is 8.95. The Kier molecular flexibility index (Phi) is 7.46. The molecule has 3 heteroatoms. The fourth-order valence-electron chi connectivity index (χ4n) is 1.82. The monoisotopic (exact) mass is 252 g/mol. The van der Waals surface area contributed by atoms with Crippen LogP contribution in [0, 0.1) is 0 Å². The zero-order valence-corrected chi connectivity index (χ0v) is 11.1. The third-order valence-electron chi connectivity index (χ3n) is 2.78. The SMILES string of the molecule is CC(O)Cc1ccc(OCCCCCCO)cc1. The van der Waals surface area contributed by atoms with E-state index in [0.29, 0.717) is 6.42 Å². The molecule has 0 bridgehead atoms. The van der Waals surface area contributed by atoms with E-state index in [9.17, 15) is 5.11 Å². The number of aliphatic hydroxyl groups excluding tert-OH is 2. The van der Waals surface area contributed by atoms with E-state index in [1.165, 1.54) is 0 Å². The molecule has 0 radical (unpaired) electrons. The van der Waals surface area contributed by atoms with Crippen LogP contribution in [0.1, 0.15) is 38.2 Å². The van der Waals surface area contributed by atoms with Gasteiger partial charge in [-0.15, -0.1) is 0 Å². The molecule has 102 valence electrons. The molecule has 0 aliphatic rings. The summed E-state index contributed by atoms with van der Waals surface area (Å²) < 4.78 is 5.62. The number of rotatable bonds is 9. The number of aliphatic hydroxyl groups is 2. The zero-order chi connectivity index (χ0) is 13.2. The van der Waals surface area contributed by atoms with Crippen molar-refractivity contribution >= 4 is 0 Å². The van der Waals surface area contributed by atoms with E-state index in [1.807, 2.05) is 24.3 Å². The van der Waals surface area contributed by atoms with E-state index < -0.39 is 0 Å². The van der Waals surface area contributed by atoms with Crippen molar-refractivity contribution in [2.75, 3.05) is 13.2 Å². The third-order valence-corrected chi connectivity index (χ3v) is 2.78. The van der Waals surface area contributed by atoms with Crippen LogP contribution in [0.2, 0.25) is 0 Å². The second-order valence-electron chi connectivity index (χ2n) is 4.68. The van der Waals surface area contributed by atoms with Gasteiger partial charge in [0.05, 0.1) is 12.7 Å². The minimum Gasteiger partial charge on any atom is -0.494 e. The molecular formula is C15H24O3. The van der Waals surface area contributed by atoms with E-state index in [0.717, 1.165) is 43.6 Å². The summed E-state index contributed by atoms with van der Waals surface area (Å²) in [6.07, 6.45) is 4.45. The van der Waals surface area contributed by atoms with Gasteiger partial charge >= 0.3 is 0 Å². The molecule has 0 spiro atoms. The molecule has 18 heavy (non-hydrogen) atoms. The molecule has 1 atom stereocenters. The van der Waals surface area contributed by atoms with Crippen molar-refractivity contribution < 1.29 is 14.9 Å². The highest BCUT2D eigenvalue weighted by molar-refractivity contribution is 5.27. The smallest absolute Gasteiger partial charge is 0.119 e. The Labute approximate surface area is 109 Å². The first-order chi connectivity index (χ1) is 8.72. The van der Waals surface area contributed by atoms with Crippen LogP contribution in [0.3, 0.4) is 0 Å². The Morgan fingerprint density at radius 1 is 1.06 bits per heavy atom. The first kappa shape index (κ1) is 15.0. The molecule has 0 heterocycles. The van der Waals surface area contributed by atoms with Crippen LogP contribution in [0.25, 0.3) is 0 Å². The largest absolute Gasteiger partial charge is 0.494 e. The van der Waals surface area contributed by atoms with E-state index >= 15 is 0 Å². The molecule has 0 saturated heterocycles. The molecule has 3 nitrogen and oxygen atoms in total. The van der Waals surface area contributed by atoms with E-state index in [1.54, 1.807) is 6.92 Å². The summed E-state index contributed by atoms with van der Waals surface area (Å²) in [5.41, 5.74) is 1.13. The lowest BCUT2D eigenvalue weighted by molar-refractivity contribution is 0.195. The van der Waals surface area contributed by atoms with Crippen molar-refractivity contribution in [1.82, 2.24) is 0 Å². The first-order valence-electron chi connectivity index (χ1n) is 6.73. The number of ether oxygens (including phenoxy) is 1. The minimum atomic E-state index is -0.303. The van der Waals surface area contributed by atoms with Crippen molar-refractivity contribution in [3.05, 3.63) is 29.8 Å². The summed E-state index contributed by atoms with van der Waals surface area (Å²) in [4.78, 5) is 0. The van der Waals surface area contributed by atoms with Gasteiger partial charge in [0.25, 0.3) is 0 Å². The quantitative estimate of drug-likeness (QED) is 0.664. The predicted molar refractivity (Wildman–Crippen MR) is 72.9 cm³/mol. The van der Waals surface area contributed by atoms with Gasteiger partial charge in [-0.2, -0.15) is 0 Å².